The number of carbonyl (C=O) groups is 2. The van der Waals surface area contributed by atoms with Crippen LogP contribution in [0.3, 0.4) is 0 Å². The van der Waals surface area contributed by atoms with Gasteiger partial charge in [0.25, 0.3) is 0 Å². The predicted molar refractivity (Wildman–Crippen MR) is 139 cm³/mol. The summed E-state index contributed by atoms with van der Waals surface area (Å²) in [5.74, 6) is 0.505. The standard InChI is InChI=1S/C28H33NO6S/c1-5-33-11-12-35-28(31)25-17(3)29-20-14-19(18-9-10-22(34-6-2)23(16-18)32-4)15-21(30)26(20)27(25)24-8-7-13-36-24/h7-10,13,16,19,27,29H,5-6,11-12,14-15H2,1-4H3/t19-,27-/m1/s1. The smallest absolute Gasteiger partial charge is 0.336 e. The van der Waals surface area contributed by atoms with Crippen molar-refractivity contribution in [3.63, 3.8) is 0 Å². The van der Waals surface area contributed by atoms with Gasteiger partial charge in [-0.3, -0.25) is 4.79 Å². The van der Waals surface area contributed by atoms with Crippen LogP contribution in [0.1, 0.15) is 55.9 Å². The van der Waals surface area contributed by atoms with Gasteiger partial charge in [0.05, 0.1) is 31.8 Å². The van der Waals surface area contributed by atoms with Crippen molar-refractivity contribution in [3.05, 3.63) is 68.7 Å². The number of allylic oxidation sites excluding steroid dienone is 3. The molecule has 2 aromatic rings. The van der Waals surface area contributed by atoms with Crippen molar-refractivity contribution >= 4 is 23.1 Å². The van der Waals surface area contributed by atoms with Gasteiger partial charge in [-0.25, -0.2) is 4.79 Å². The van der Waals surface area contributed by atoms with Crippen molar-refractivity contribution in [2.75, 3.05) is 33.5 Å². The van der Waals surface area contributed by atoms with E-state index in [2.05, 4.69) is 5.32 Å². The van der Waals surface area contributed by atoms with Crippen molar-refractivity contribution in [1.82, 2.24) is 5.32 Å². The summed E-state index contributed by atoms with van der Waals surface area (Å²) in [7, 11) is 1.62. The number of rotatable bonds is 10. The summed E-state index contributed by atoms with van der Waals surface area (Å²) in [6.45, 7) is 7.31. The van der Waals surface area contributed by atoms with Crippen LogP contribution in [0.15, 0.2) is 58.3 Å². The Balaban J connectivity index is 1.65. The van der Waals surface area contributed by atoms with E-state index in [0.717, 1.165) is 16.1 Å². The highest BCUT2D eigenvalue weighted by atomic mass is 32.1. The van der Waals surface area contributed by atoms with Crippen molar-refractivity contribution in [3.8, 4) is 11.5 Å². The Hall–Kier alpha value is -3.10. The number of nitrogens with one attached hydrogen (secondary N) is 1. The lowest BCUT2D eigenvalue weighted by Crippen LogP contribution is -2.36. The lowest BCUT2D eigenvalue weighted by atomic mass is 9.73. The zero-order chi connectivity index (χ0) is 25.7. The van der Waals surface area contributed by atoms with Gasteiger partial charge in [0.2, 0.25) is 0 Å². The molecule has 0 spiro atoms. The van der Waals surface area contributed by atoms with Gasteiger partial charge in [-0.15, -0.1) is 11.3 Å². The highest BCUT2D eigenvalue weighted by molar-refractivity contribution is 7.10. The maximum atomic E-state index is 13.7. The summed E-state index contributed by atoms with van der Waals surface area (Å²) in [6, 6.07) is 9.77. The molecule has 4 rings (SSSR count). The molecular formula is C28H33NO6S. The molecule has 0 amide bonds. The number of esters is 1. The first-order valence-electron chi connectivity index (χ1n) is 12.3. The van der Waals surface area contributed by atoms with E-state index in [9.17, 15) is 9.59 Å². The molecule has 0 radical (unpaired) electrons. The SMILES string of the molecule is CCOCCOC(=O)C1=C(C)NC2=C(C(=O)C[C@H](c3ccc(OCC)c(OC)c3)C2)[C@@H]1c1cccs1. The zero-order valence-corrected chi connectivity index (χ0v) is 22.0. The number of dihydropyridines is 1. The third kappa shape index (κ3) is 5.34. The molecule has 1 aliphatic carbocycles. The highest BCUT2D eigenvalue weighted by Crippen LogP contribution is 2.47. The quantitative estimate of drug-likeness (QED) is 0.351. The molecule has 0 fully saturated rings. The molecule has 0 saturated carbocycles. The number of hydrogen-bond donors (Lipinski definition) is 1. The van der Waals surface area contributed by atoms with Crippen LogP contribution in [0.2, 0.25) is 0 Å². The molecule has 0 bridgehead atoms. The molecule has 2 heterocycles. The van der Waals surface area contributed by atoms with Gasteiger partial charge in [-0.2, -0.15) is 0 Å². The third-order valence-corrected chi connectivity index (χ3v) is 7.44. The fraction of sp³-hybridized carbons (Fsp3) is 0.429. The molecular weight excluding hydrogens is 478 g/mol. The molecule has 2 atom stereocenters. The molecule has 0 saturated heterocycles. The number of benzene rings is 1. The summed E-state index contributed by atoms with van der Waals surface area (Å²) >= 11 is 1.54. The van der Waals surface area contributed by atoms with Crippen molar-refractivity contribution in [2.24, 2.45) is 0 Å². The van der Waals surface area contributed by atoms with Crippen LogP contribution < -0.4 is 14.8 Å². The fourth-order valence-electron chi connectivity index (χ4n) is 4.91. The molecule has 7 nitrogen and oxygen atoms in total. The number of methoxy groups -OCH3 is 1. The molecule has 0 unspecified atom stereocenters. The largest absolute Gasteiger partial charge is 0.493 e. The zero-order valence-electron chi connectivity index (χ0n) is 21.2. The van der Waals surface area contributed by atoms with Gasteiger partial charge in [-0.05, 0) is 62.3 Å². The molecule has 36 heavy (non-hydrogen) atoms. The Labute approximate surface area is 216 Å². The van der Waals surface area contributed by atoms with Crippen LogP contribution >= 0.6 is 11.3 Å². The van der Waals surface area contributed by atoms with E-state index in [1.807, 2.05) is 56.5 Å². The van der Waals surface area contributed by atoms with Crippen molar-refractivity contribution in [1.29, 1.82) is 0 Å². The number of thiophene rings is 1. The number of hydrogen-bond acceptors (Lipinski definition) is 8. The minimum Gasteiger partial charge on any atom is -0.493 e. The lowest BCUT2D eigenvalue weighted by Gasteiger charge is -2.36. The van der Waals surface area contributed by atoms with Gasteiger partial charge in [0, 0.05) is 34.9 Å². The summed E-state index contributed by atoms with van der Waals surface area (Å²) < 4.78 is 22.0. The first kappa shape index (κ1) is 26.0. The molecule has 1 aromatic heterocycles. The van der Waals surface area contributed by atoms with Crippen LogP contribution in [0, 0.1) is 0 Å². The van der Waals surface area contributed by atoms with Crippen LogP contribution in [-0.4, -0.2) is 45.3 Å². The van der Waals surface area contributed by atoms with E-state index >= 15 is 0 Å². The number of ether oxygens (including phenoxy) is 4. The maximum absolute atomic E-state index is 13.7. The van der Waals surface area contributed by atoms with Crippen LogP contribution in [0.4, 0.5) is 0 Å². The van der Waals surface area contributed by atoms with Gasteiger partial charge >= 0.3 is 5.97 Å². The second kappa shape index (κ2) is 11.8. The molecule has 2 aliphatic rings. The van der Waals surface area contributed by atoms with Gasteiger partial charge in [-0.1, -0.05) is 12.1 Å². The van der Waals surface area contributed by atoms with Crippen LogP contribution in [0.25, 0.3) is 0 Å². The summed E-state index contributed by atoms with van der Waals surface area (Å²) in [4.78, 5) is 27.8. The van der Waals surface area contributed by atoms with Gasteiger partial charge < -0.3 is 24.3 Å². The summed E-state index contributed by atoms with van der Waals surface area (Å²) in [5, 5.41) is 5.35. The average molecular weight is 512 g/mol. The molecule has 1 aliphatic heterocycles. The van der Waals surface area contributed by atoms with Crippen LogP contribution in [0.5, 0.6) is 11.5 Å². The molecule has 192 valence electrons. The number of Topliss-reactive ketones (excluding diaryl/α,β-unsaturated/α-hetero) is 1. The van der Waals surface area contributed by atoms with Gasteiger partial charge in [0.15, 0.2) is 17.3 Å². The van der Waals surface area contributed by atoms with Crippen molar-refractivity contribution < 1.29 is 28.5 Å². The van der Waals surface area contributed by atoms with E-state index in [4.69, 9.17) is 18.9 Å². The van der Waals surface area contributed by atoms with E-state index in [1.54, 1.807) is 7.11 Å². The highest BCUT2D eigenvalue weighted by Gasteiger charge is 2.42. The minimum atomic E-state index is -0.441. The Kier molecular flexibility index (Phi) is 8.48. The minimum absolute atomic E-state index is 0.00944. The van der Waals surface area contributed by atoms with Crippen molar-refractivity contribution in [2.45, 2.75) is 45.4 Å². The predicted octanol–water partition coefficient (Wildman–Crippen LogP) is 5.10. The summed E-state index contributed by atoms with van der Waals surface area (Å²) in [5.41, 5.74) is 3.75. The van der Waals surface area contributed by atoms with E-state index in [-0.39, 0.29) is 18.3 Å². The second-order valence-electron chi connectivity index (χ2n) is 8.71. The Morgan fingerprint density at radius 2 is 1.94 bits per heavy atom. The van der Waals surface area contributed by atoms with E-state index < -0.39 is 11.9 Å². The van der Waals surface area contributed by atoms with E-state index in [1.165, 1.54) is 11.3 Å². The Morgan fingerprint density at radius 3 is 2.64 bits per heavy atom. The third-order valence-electron chi connectivity index (χ3n) is 6.50. The summed E-state index contributed by atoms with van der Waals surface area (Å²) in [6.07, 6.45) is 1.01. The topological polar surface area (TPSA) is 83.1 Å². The molecule has 8 heteroatoms. The van der Waals surface area contributed by atoms with Crippen LogP contribution in [-0.2, 0) is 19.1 Å². The van der Waals surface area contributed by atoms with Gasteiger partial charge in [0.1, 0.15) is 6.61 Å². The van der Waals surface area contributed by atoms with E-state index in [0.29, 0.717) is 61.0 Å². The molecule has 1 N–H and O–H groups in total. The molecule has 1 aromatic carbocycles. The lowest BCUT2D eigenvalue weighted by molar-refractivity contribution is -0.140. The second-order valence-corrected chi connectivity index (χ2v) is 9.69. The number of carbonyl (C=O) groups excluding carboxylic acids is 2. The first-order valence-corrected chi connectivity index (χ1v) is 13.2. The fourth-order valence-corrected chi connectivity index (χ4v) is 5.76. The maximum Gasteiger partial charge on any atom is 0.336 e. The monoisotopic (exact) mass is 511 g/mol. The Bertz CT molecular complexity index is 1170. The normalized spacial score (nSPS) is 19.6. The average Bonchev–Trinajstić information content (AvgIpc) is 3.40. The first-order chi connectivity index (χ1) is 17.5. The Morgan fingerprint density at radius 1 is 1.11 bits per heavy atom. The number of ketones is 1.